The summed E-state index contributed by atoms with van der Waals surface area (Å²) in [4.78, 5) is 37.7. The highest BCUT2D eigenvalue weighted by Gasteiger charge is 2.10. The largest absolute Gasteiger partial charge is 0.494 e. The first-order valence-corrected chi connectivity index (χ1v) is 12.2. The number of unbranched alkanes of at least 4 members (excludes halogenated alkanes) is 2. The Kier molecular flexibility index (Phi) is 10.1. The number of hydrogen-bond acceptors (Lipinski definition) is 5. The van der Waals surface area contributed by atoms with Crippen LogP contribution in [0.5, 0.6) is 11.5 Å². The highest BCUT2D eigenvalue weighted by atomic mass is 16.5. The number of carbonyl (C=O) groups is 2. The number of nitrogens with one attached hydrogen (secondary N) is 2. The molecule has 0 fully saturated rings. The van der Waals surface area contributed by atoms with Crippen molar-refractivity contribution >= 4 is 23.2 Å². The van der Waals surface area contributed by atoms with Crippen molar-refractivity contribution in [2.75, 3.05) is 23.8 Å². The topological polar surface area (TPSA) is 93.7 Å². The maximum Gasteiger partial charge on any atom is 0.255 e. The maximum atomic E-state index is 12.6. The molecule has 0 aliphatic heterocycles. The van der Waals surface area contributed by atoms with E-state index >= 15 is 0 Å². The van der Waals surface area contributed by atoms with Crippen LogP contribution in [0.1, 0.15) is 60.2 Å². The van der Waals surface area contributed by atoms with E-state index in [1.54, 1.807) is 54.6 Å². The van der Waals surface area contributed by atoms with Crippen molar-refractivity contribution in [2.24, 2.45) is 0 Å². The molecule has 7 nitrogen and oxygen atoms in total. The summed E-state index contributed by atoms with van der Waals surface area (Å²) in [6, 6.07) is 19.5. The molecule has 0 radical (unpaired) electrons. The van der Waals surface area contributed by atoms with Crippen molar-refractivity contribution in [1.82, 2.24) is 0 Å². The number of carbonyl (C=O) groups excluding carboxylic acids is 2. The number of ether oxygens (including phenoxy) is 2. The lowest BCUT2D eigenvalue weighted by Crippen LogP contribution is -2.16. The minimum atomic E-state index is -0.412. The fourth-order valence-electron chi connectivity index (χ4n) is 3.22. The van der Waals surface area contributed by atoms with Gasteiger partial charge in [0.1, 0.15) is 11.5 Å². The Bertz CT molecular complexity index is 1210. The Morgan fingerprint density at radius 3 is 1.61 bits per heavy atom. The molecule has 0 atom stereocenters. The van der Waals surface area contributed by atoms with E-state index in [2.05, 4.69) is 24.5 Å². The number of rotatable bonds is 12. The molecule has 2 amide bonds. The van der Waals surface area contributed by atoms with Crippen LogP contribution in [-0.2, 0) is 0 Å². The van der Waals surface area contributed by atoms with Gasteiger partial charge in [-0.2, -0.15) is 0 Å². The summed E-state index contributed by atoms with van der Waals surface area (Å²) >= 11 is 0. The highest BCUT2D eigenvalue weighted by molar-refractivity contribution is 6.05. The zero-order valence-electron chi connectivity index (χ0n) is 20.7. The third-order valence-corrected chi connectivity index (χ3v) is 5.38. The van der Waals surface area contributed by atoms with Gasteiger partial charge < -0.3 is 20.1 Å². The minimum absolute atomic E-state index is 0.109. The first-order chi connectivity index (χ1) is 17.5. The summed E-state index contributed by atoms with van der Waals surface area (Å²) in [6.45, 7) is 5.44. The molecule has 188 valence electrons. The van der Waals surface area contributed by atoms with Crippen LogP contribution in [0, 0.1) is 0 Å². The van der Waals surface area contributed by atoms with E-state index in [4.69, 9.17) is 9.47 Å². The molecule has 36 heavy (non-hydrogen) atoms. The van der Waals surface area contributed by atoms with E-state index < -0.39 is 5.91 Å². The standard InChI is InChI=1S/C29H32N2O5/c1-3-5-19-35-24-13-7-21(8-14-24)28(33)30-23-11-17-26(27(32)18-12-23)31-29(34)22-9-15-25(16-10-22)36-20-6-4-2/h7-18H,3-6,19-20H2,1-2H3,(H,30,33)(H,31,32,34). The van der Waals surface area contributed by atoms with Gasteiger partial charge in [-0.3, -0.25) is 14.4 Å². The van der Waals surface area contributed by atoms with Crippen molar-refractivity contribution in [2.45, 2.75) is 39.5 Å². The van der Waals surface area contributed by atoms with Crippen molar-refractivity contribution in [3.05, 3.63) is 94.1 Å². The molecule has 3 aromatic carbocycles. The first kappa shape index (κ1) is 26.5. The van der Waals surface area contributed by atoms with E-state index in [0.717, 1.165) is 25.7 Å². The maximum absolute atomic E-state index is 12.6. The van der Waals surface area contributed by atoms with Gasteiger partial charge in [-0.1, -0.05) is 26.7 Å². The summed E-state index contributed by atoms with van der Waals surface area (Å²) in [7, 11) is 0. The van der Waals surface area contributed by atoms with Crippen LogP contribution in [0.3, 0.4) is 0 Å². The van der Waals surface area contributed by atoms with E-state index in [1.165, 1.54) is 18.2 Å². The molecule has 0 bridgehead atoms. The lowest BCUT2D eigenvalue weighted by molar-refractivity contribution is 0.101. The van der Waals surface area contributed by atoms with E-state index in [0.29, 0.717) is 41.5 Å². The third kappa shape index (κ3) is 7.98. The van der Waals surface area contributed by atoms with Crippen LogP contribution >= 0.6 is 0 Å². The van der Waals surface area contributed by atoms with Gasteiger partial charge in [0.15, 0.2) is 0 Å². The number of hydrogen-bond donors (Lipinski definition) is 2. The van der Waals surface area contributed by atoms with Gasteiger partial charge >= 0.3 is 0 Å². The minimum Gasteiger partial charge on any atom is -0.494 e. The number of anilines is 2. The fourth-order valence-corrected chi connectivity index (χ4v) is 3.22. The molecule has 7 heteroatoms. The molecule has 0 saturated carbocycles. The zero-order valence-corrected chi connectivity index (χ0v) is 20.7. The van der Waals surface area contributed by atoms with Crippen LogP contribution in [-0.4, -0.2) is 25.0 Å². The van der Waals surface area contributed by atoms with Crippen molar-refractivity contribution in [1.29, 1.82) is 0 Å². The van der Waals surface area contributed by atoms with E-state index in [-0.39, 0.29) is 17.0 Å². The molecule has 0 unspecified atom stereocenters. The third-order valence-electron chi connectivity index (χ3n) is 5.38. The lowest BCUT2D eigenvalue weighted by Gasteiger charge is -2.07. The molecule has 0 aromatic heterocycles. The molecule has 3 rings (SSSR count). The Morgan fingerprint density at radius 1 is 0.639 bits per heavy atom. The molecule has 0 heterocycles. The second-order valence-electron chi connectivity index (χ2n) is 8.26. The molecular weight excluding hydrogens is 456 g/mol. The quantitative estimate of drug-likeness (QED) is 0.309. The molecule has 2 N–H and O–H groups in total. The molecule has 0 aliphatic carbocycles. The first-order valence-electron chi connectivity index (χ1n) is 12.2. The Morgan fingerprint density at radius 2 is 1.11 bits per heavy atom. The molecule has 0 spiro atoms. The summed E-state index contributed by atoms with van der Waals surface area (Å²) in [5.41, 5.74) is 1.02. The number of benzene rings is 2. The van der Waals surface area contributed by atoms with Crippen molar-refractivity contribution in [3.63, 3.8) is 0 Å². The Labute approximate surface area is 211 Å². The molecule has 3 aromatic rings. The normalized spacial score (nSPS) is 10.4. The van der Waals surface area contributed by atoms with Crippen LogP contribution < -0.4 is 25.5 Å². The van der Waals surface area contributed by atoms with Gasteiger partial charge in [-0.25, -0.2) is 0 Å². The van der Waals surface area contributed by atoms with Crippen molar-refractivity contribution < 1.29 is 19.1 Å². The average Bonchev–Trinajstić information content (AvgIpc) is 3.06. The molecular formula is C29H32N2O5. The predicted molar refractivity (Wildman–Crippen MR) is 142 cm³/mol. The van der Waals surface area contributed by atoms with Crippen LogP contribution in [0.15, 0.2) is 77.6 Å². The van der Waals surface area contributed by atoms with Crippen LogP contribution in [0.2, 0.25) is 0 Å². The van der Waals surface area contributed by atoms with Gasteiger partial charge in [0.25, 0.3) is 11.8 Å². The zero-order chi connectivity index (χ0) is 25.8. The molecule has 0 aliphatic rings. The average molecular weight is 489 g/mol. The van der Waals surface area contributed by atoms with Crippen LogP contribution in [0.25, 0.3) is 0 Å². The number of amides is 2. The fraction of sp³-hybridized carbons (Fsp3) is 0.276. The second-order valence-corrected chi connectivity index (χ2v) is 8.26. The lowest BCUT2D eigenvalue weighted by atomic mass is 10.2. The predicted octanol–water partition coefficient (Wildman–Crippen LogP) is 5.91. The second kappa shape index (κ2) is 13.7. The Hall–Kier alpha value is -4.13. The molecule has 0 saturated heterocycles. The summed E-state index contributed by atoms with van der Waals surface area (Å²) < 4.78 is 11.2. The van der Waals surface area contributed by atoms with Gasteiger partial charge in [0.05, 0.1) is 18.9 Å². The monoisotopic (exact) mass is 488 g/mol. The summed E-state index contributed by atoms with van der Waals surface area (Å²) in [5, 5.41) is 5.41. The highest BCUT2D eigenvalue weighted by Crippen LogP contribution is 2.16. The smallest absolute Gasteiger partial charge is 0.255 e. The van der Waals surface area contributed by atoms with Gasteiger partial charge in [0, 0.05) is 16.8 Å². The summed E-state index contributed by atoms with van der Waals surface area (Å²) in [5.74, 6) is 0.668. The van der Waals surface area contributed by atoms with Crippen molar-refractivity contribution in [3.8, 4) is 11.5 Å². The van der Waals surface area contributed by atoms with Gasteiger partial charge in [-0.15, -0.1) is 0 Å². The van der Waals surface area contributed by atoms with Crippen LogP contribution in [0.4, 0.5) is 11.4 Å². The SMILES string of the molecule is CCCCOc1ccc(C(=O)Nc2ccc(NC(=O)c3ccc(OCCCC)cc3)c(=O)cc2)cc1. The van der Waals surface area contributed by atoms with E-state index in [1.807, 2.05) is 0 Å². The van der Waals surface area contributed by atoms with Gasteiger partial charge in [-0.05, 0) is 85.6 Å². The van der Waals surface area contributed by atoms with Gasteiger partial charge in [0.2, 0.25) is 5.43 Å². The van der Waals surface area contributed by atoms with E-state index in [9.17, 15) is 14.4 Å². The Balaban J connectivity index is 1.61. The summed E-state index contributed by atoms with van der Waals surface area (Å²) in [6.07, 6.45) is 4.02.